The molecule has 0 unspecified atom stereocenters. The van der Waals surface area contributed by atoms with E-state index < -0.39 is 36.5 Å². The van der Waals surface area contributed by atoms with Gasteiger partial charge >= 0.3 is 19.1 Å². The van der Waals surface area contributed by atoms with E-state index in [4.69, 9.17) is 15.1 Å². The molecule has 2 heterocycles. The lowest BCUT2D eigenvalue weighted by Gasteiger charge is -2.41. The third-order valence-corrected chi connectivity index (χ3v) is 5.38. The monoisotopic (exact) mass is 375 g/mol. The lowest BCUT2D eigenvalue weighted by atomic mass is 9.69. The number of benzene rings is 1. The van der Waals surface area contributed by atoms with Crippen LogP contribution in [0.2, 0.25) is 0 Å². The number of nitrogens with one attached hydrogen (secondary N) is 1. The average Bonchev–Trinajstić information content (AvgIpc) is 2.83. The summed E-state index contributed by atoms with van der Waals surface area (Å²) in [5.41, 5.74) is 4.99. The van der Waals surface area contributed by atoms with Crippen LogP contribution in [-0.4, -0.2) is 64.7 Å². The minimum Gasteiger partial charge on any atom is -0.534 e. The molecule has 4 rings (SSSR count). The van der Waals surface area contributed by atoms with E-state index in [1.807, 2.05) is 0 Å². The van der Waals surface area contributed by atoms with E-state index in [1.54, 1.807) is 6.07 Å². The van der Waals surface area contributed by atoms with Crippen molar-refractivity contribution in [2.75, 3.05) is 7.11 Å². The highest BCUT2D eigenvalue weighted by Crippen LogP contribution is 2.41. The predicted molar refractivity (Wildman–Crippen MR) is 91.4 cm³/mol. The number of nitrogens with two attached hydrogens (primary N) is 1. The van der Waals surface area contributed by atoms with Crippen LogP contribution in [0.5, 0.6) is 11.5 Å². The first-order valence-corrected chi connectivity index (χ1v) is 8.46. The quantitative estimate of drug-likeness (QED) is 0.393. The number of amides is 3. The lowest BCUT2D eigenvalue weighted by molar-refractivity contribution is -0.135. The van der Waals surface area contributed by atoms with E-state index in [1.165, 1.54) is 13.2 Å². The fraction of sp³-hybridized carbons (Fsp3) is 0.438. The van der Waals surface area contributed by atoms with Crippen molar-refractivity contribution in [3.63, 3.8) is 0 Å². The largest absolute Gasteiger partial charge is 0.547 e. The number of rotatable bonds is 3. The maximum atomic E-state index is 12.8. The van der Waals surface area contributed by atoms with E-state index >= 15 is 0 Å². The fourth-order valence-corrected chi connectivity index (χ4v) is 4.07. The molecule has 11 heteroatoms. The third kappa shape index (κ3) is 2.46. The fourth-order valence-electron chi connectivity index (χ4n) is 4.07. The molecule has 0 bridgehead atoms. The Bertz CT molecular complexity index is 855. The predicted octanol–water partition coefficient (Wildman–Crippen LogP) is -0.872. The van der Waals surface area contributed by atoms with Crippen LogP contribution < -0.4 is 20.4 Å². The molecule has 5 N–H and O–H groups in total. The van der Waals surface area contributed by atoms with Gasteiger partial charge in [-0.05, 0) is 30.9 Å². The summed E-state index contributed by atoms with van der Waals surface area (Å²) in [6.07, 6.45) is 0.742. The molecule has 0 radical (unpaired) electrons. The van der Waals surface area contributed by atoms with Crippen molar-refractivity contribution in [1.82, 2.24) is 10.2 Å². The molecule has 2 fully saturated rings. The summed E-state index contributed by atoms with van der Waals surface area (Å²) in [7, 11) is -0.243. The molecule has 1 aliphatic carbocycles. The molecule has 1 saturated heterocycles. The number of nitrogens with zero attached hydrogens (tertiary/aromatic N) is 1. The molecule has 1 spiro atoms. The van der Waals surface area contributed by atoms with Gasteiger partial charge in [-0.15, -0.1) is 0 Å². The highest BCUT2D eigenvalue weighted by Gasteiger charge is 2.61. The molecule has 1 aromatic rings. The first-order chi connectivity index (χ1) is 12.8. The Morgan fingerprint density at radius 3 is 2.74 bits per heavy atom. The molecule has 1 saturated carbocycles. The van der Waals surface area contributed by atoms with Gasteiger partial charge in [0, 0.05) is 6.04 Å². The zero-order chi connectivity index (χ0) is 19.5. The smallest absolute Gasteiger partial charge is 0.534 e. The Kier molecular flexibility index (Phi) is 3.82. The molecule has 0 aromatic heterocycles. The Morgan fingerprint density at radius 2 is 2.15 bits per heavy atom. The second kappa shape index (κ2) is 5.86. The number of imide groups is 1. The standard InChI is InChI=1S/C16H18BN3O7/c1-26-9-3-2-7-4-10(17(25)27-12(7)11(9)13(21)22)20-14(23)16(19-15(20)24)5-8(18)6-16/h2-3,8,10,25H,4-6,18H2,1H3,(H,19,24)(H,21,22)/t8?,10-,16?/m0/s1. The number of hydrogen-bond acceptors (Lipinski definition) is 7. The molecular weight excluding hydrogens is 357 g/mol. The van der Waals surface area contributed by atoms with Crippen molar-refractivity contribution in [2.45, 2.75) is 36.8 Å². The number of carboxylic acids is 1. The maximum absolute atomic E-state index is 12.8. The van der Waals surface area contributed by atoms with Crippen LogP contribution in [0, 0.1) is 0 Å². The average molecular weight is 375 g/mol. The van der Waals surface area contributed by atoms with Crippen LogP contribution in [0.25, 0.3) is 0 Å². The van der Waals surface area contributed by atoms with Crippen molar-refractivity contribution in [3.8, 4) is 11.5 Å². The van der Waals surface area contributed by atoms with Crippen molar-refractivity contribution < 1.29 is 33.9 Å². The normalized spacial score (nSPS) is 29.1. The number of aromatic carboxylic acids is 1. The Hall–Kier alpha value is -2.79. The molecule has 142 valence electrons. The molecule has 2 aliphatic heterocycles. The maximum Gasteiger partial charge on any atom is 0.547 e. The number of carboxylic acid groups (broad SMARTS) is 1. The second-order valence-electron chi connectivity index (χ2n) is 7.07. The second-order valence-corrected chi connectivity index (χ2v) is 7.07. The minimum atomic E-state index is -1.57. The van der Waals surface area contributed by atoms with E-state index in [-0.39, 0.29) is 29.5 Å². The number of methoxy groups -OCH3 is 1. The van der Waals surface area contributed by atoms with E-state index in [2.05, 4.69) is 5.32 Å². The van der Waals surface area contributed by atoms with E-state index in [9.17, 15) is 24.5 Å². The lowest BCUT2D eigenvalue weighted by Crippen LogP contribution is -2.63. The summed E-state index contributed by atoms with van der Waals surface area (Å²) in [6.45, 7) is 0. The Balaban J connectivity index is 1.67. The van der Waals surface area contributed by atoms with Gasteiger partial charge in [-0.25, -0.2) is 9.59 Å². The summed E-state index contributed by atoms with van der Waals surface area (Å²) >= 11 is 0. The van der Waals surface area contributed by atoms with Crippen LogP contribution in [0.4, 0.5) is 4.79 Å². The van der Waals surface area contributed by atoms with Crippen molar-refractivity contribution in [3.05, 3.63) is 23.3 Å². The zero-order valence-corrected chi connectivity index (χ0v) is 14.5. The van der Waals surface area contributed by atoms with Crippen molar-refractivity contribution in [1.29, 1.82) is 0 Å². The third-order valence-electron chi connectivity index (χ3n) is 5.38. The Labute approximate surface area is 154 Å². The van der Waals surface area contributed by atoms with Gasteiger partial charge in [0.15, 0.2) is 0 Å². The van der Waals surface area contributed by atoms with Gasteiger partial charge < -0.3 is 30.6 Å². The highest BCUT2D eigenvalue weighted by molar-refractivity contribution is 6.47. The van der Waals surface area contributed by atoms with Gasteiger partial charge in [0.25, 0.3) is 5.91 Å². The summed E-state index contributed by atoms with van der Waals surface area (Å²) in [6, 6.07) is 2.29. The molecule has 1 aromatic carbocycles. The van der Waals surface area contributed by atoms with Crippen LogP contribution in [0.15, 0.2) is 12.1 Å². The molecule has 3 aliphatic rings. The number of ether oxygens (including phenoxy) is 1. The molecule has 27 heavy (non-hydrogen) atoms. The van der Waals surface area contributed by atoms with Crippen LogP contribution in [0.3, 0.4) is 0 Å². The Morgan fingerprint density at radius 1 is 1.44 bits per heavy atom. The van der Waals surface area contributed by atoms with Gasteiger partial charge in [0.05, 0.1) is 13.1 Å². The zero-order valence-electron chi connectivity index (χ0n) is 14.5. The van der Waals surface area contributed by atoms with Gasteiger partial charge in [-0.1, -0.05) is 6.07 Å². The summed E-state index contributed by atoms with van der Waals surface area (Å²) < 4.78 is 10.5. The number of carbonyl (C=O) groups is 3. The number of fused-ring (bicyclic) bond motifs is 1. The summed E-state index contributed by atoms with van der Waals surface area (Å²) in [5, 5.41) is 22.6. The van der Waals surface area contributed by atoms with E-state index in [0.29, 0.717) is 18.4 Å². The van der Waals surface area contributed by atoms with Crippen molar-refractivity contribution >= 4 is 25.0 Å². The summed E-state index contributed by atoms with van der Waals surface area (Å²) in [5.74, 6) is -2.64. The number of hydrogen-bond donors (Lipinski definition) is 4. The van der Waals surface area contributed by atoms with Gasteiger partial charge in [0.2, 0.25) is 0 Å². The van der Waals surface area contributed by atoms with Gasteiger partial charge in [-0.3, -0.25) is 9.69 Å². The molecule has 1 atom stereocenters. The SMILES string of the molecule is COc1ccc2c(c1C(=O)O)OB(O)[C@@H](N1C(=O)NC3(CC(N)C3)C1=O)C2. The number of carbonyl (C=O) groups excluding carboxylic acids is 2. The molecular formula is C16H18BN3O7. The van der Waals surface area contributed by atoms with Crippen LogP contribution >= 0.6 is 0 Å². The summed E-state index contributed by atoms with van der Waals surface area (Å²) in [4.78, 5) is 37.8. The van der Waals surface area contributed by atoms with Crippen LogP contribution in [-0.2, 0) is 11.2 Å². The van der Waals surface area contributed by atoms with Gasteiger partial charge in [-0.2, -0.15) is 0 Å². The first kappa shape index (κ1) is 17.6. The topological polar surface area (TPSA) is 151 Å². The minimum absolute atomic E-state index is 0.0296. The molecule has 10 nitrogen and oxygen atoms in total. The van der Waals surface area contributed by atoms with Gasteiger partial charge in [0.1, 0.15) is 22.6 Å². The van der Waals surface area contributed by atoms with Crippen LogP contribution in [0.1, 0.15) is 28.8 Å². The highest BCUT2D eigenvalue weighted by atomic mass is 16.5. The molecule has 3 amide bonds. The van der Waals surface area contributed by atoms with E-state index in [0.717, 1.165) is 4.90 Å². The van der Waals surface area contributed by atoms with Crippen molar-refractivity contribution in [2.24, 2.45) is 5.73 Å². The first-order valence-electron chi connectivity index (χ1n) is 8.46. The number of urea groups is 1.